The number of nitrogens with zero attached hydrogens (tertiary/aromatic N) is 4. The third kappa shape index (κ3) is 3.44. The van der Waals surface area contributed by atoms with E-state index in [0.29, 0.717) is 0 Å². The average Bonchev–Trinajstić information content (AvgIpc) is 3.33. The molecule has 4 heterocycles. The predicted octanol–water partition coefficient (Wildman–Crippen LogP) is -0.163. The highest BCUT2D eigenvalue weighted by atomic mass is 16.6. The monoisotopic (exact) mass is 396 g/mol. The number of carbonyl (C=O) groups is 2. The summed E-state index contributed by atoms with van der Waals surface area (Å²) in [5, 5.41) is 0. The Labute approximate surface area is 168 Å². The highest BCUT2D eigenvalue weighted by Gasteiger charge is 2.71. The summed E-state index contributed by atoms with van der Waals surface area (Å²) in [6.45, 7) is 19.4. The molecule has 0 saturated carbocycles. The van der Waals surface area contributed by atoms with Crippen LogP contribution in [0.15, 0.2) is 0 Å². The molecule has 0 aromatic rings. The Morgan fingerprint density at radius 2 is 1.00 bits per heavy atom. The zero-order chi connectivity index (χ0) is 20.2. The van der Waals surface area contributed by atoms with Crippen molar-refractivity contribution < 1.29 is 28.0 Å². The van der Waals surface area contributed by atoms with Gasteiger partial charge in [0.2, 0.25) is 0 Å². The second-order valence-electron chi connectivity index (χ2n) is 9.72. The number of fused-ring (bicyclic) bond motifs is 3. The van der Waals surface area contributed by atoms with Gasteiger partial charge in [-0.2, -0.15) is 0 Å². The predicted molar refractivity (Wildman–Crippen MR) is 103 cm³/mol. The second kappa shape index (κ2) is 6.65. The lowest BCUT2D eigenvalue weighted by Crippen LogP contribution is -2.49. The summed E-state index contributed by atoms with van der Waals surface area (Å²) in [4.78, 5) is 28.3. The summed E-state index contributed by atoms with van der Waals surface area (Å²) in [7, 11) is 0. The van der Waals surface area contributed by atoms with Crippen LogP contribution in [0.3, 0.4) is 0 Å². The molecule has 0 radical (unpaired) electrons. The number of esters is 2. The number of hydrogen-bond donors (Lipinski definition) is 0. The van der Waals surface area contributed by atoms with Crippen LogP contribution in [0.2, 0.25) is 0 Å². The van der Waals surface area contributed by atoms with Crippen molar-refractivity contribution in [1.29, 1.82) is 0 Å². The minimum Gasteiger partial charge on any atom is -0.404 e. The van der Waals surface area contributed by atoms with Gasteiger partial charge in [0.05, 0.1) is 26.2 Å². The highest BCUT2D eigenvalue weighted by molar-refractivity contribution is 5.66. The van der Waals surface area contributed by atoms with E-state index in [1.54, 1.807) is 0 Å². The van der Waals surface area contributed by atoms with Gasteiger partial charge in [-0.05, 0) is 0 Å². The van der Waals surface area contributed by atoms with Crippen molar-refractivity contribution in [2.75, 3.05) is 78.5 Å². The molecule has 8 heteroatoms. The summed E-state index contributed by atoms with van der Waals surface area (Å²) in [5.74, 6) is -0.352. The van der Waals surface area contributed by atoms with E-state index >= 15 is 0 Å². The maximum absolute atomic E-state index is 11.6. The smallest absolute Gasteiger partial charge is 0.307 e. The molecule has 0 aromatic heterocycles. The first-order valence-corrected chi connectivity index (χ1v) is 10.7. The Kier molecular flexibility index (Phi) is 4.77. The van der Waals surface area contributed by atoms with E-state index in [0.717, 1.165) is 87.5 Å². The highest BCUT2D eigenvalue weighted by Crippen LogP contribution is 2.45. The molecule has 0 aliphatic carbocycles. The molecule has 2 bridgehead atoms. The van der Waals surface area contributed by atoms with E-state index in [1.165, 1.54) is 13.8 Å². The van der Waals surface area contributed by atoms with Crippen molar-refractivity contribution in [3.8, 4) is 0 Å². The molecule has 8 nitrogen and oxygen atoms in total. The Hall–Kier alpha value is -1.22. The van der Waals surface area contributed by atoms with E-state index < -0.39 is 0 Å². The molecule has 4 fully saturated rings. The maximum atomic E-state index is 11.6. The zero-order valence-corrected chi connectivity index (χ0v) is 17.9. The number of hydrogen-bond acceptors (Lipinski definition) is 6. The summed E-state index contributed by atoms with van der Waals surface area (Å²) < 4.78 is 13.2. The minimum atomic E-state index is -0.348. The van der Waals surface area contributed by atoms with Crippen LogP contribution in [-0.2, 0) is 19.1 Å². The summed E-state index contributed by atoms with van der Waals surface area (Å²) >= 11 is 0. The Balaban J connectivity index is 1.47. The quantitative estimate of drug-likeness (QED) is 0.367. The molecule has 4 aliphatic heterocycles. The van der Waals surface area contributed by atoms with Crippen molar-refractivity contribution in [2.24, 2.45) is 0 Å². The van der Waals surface area contributed by atoms with E-state index in [2.05, 4.69) is 23.6 Å². The lowest BCUT2D eigenvalue weighted by molar-refractivity contribution is -0.848. The van der Waals surface area contributed by atoms with Crippen LogP contribution in [-0.4, -0.2) is 121 Å². The molecule has 0 amide bonds. The van der Waals surface area contributed by atoms with Gasteiger partial charge in [-0.25, -0.2) is 0 Å². The summed E-state index contributed by atoms with van der Waals surface area (Å²) in [5.41, 5.74) is -0.696. The molecule has 2 spiro atoms. The molecule has 28 heavy (non-hydrogen) atoms. The molecule has 2 atom stereocenters. The van der Waals surface area contributed by atoms with Gasteiger partial charge in [-0.3, -0.25) is 28.4 Å². The molecule has 0 aromatic carbocycles. The number of carbonyl (C=O) groups excluding carboxylic acids is 2. The average molecular weight is 397 g/mol. The van der Waals surface area contributed by atoms with Crippen molar-refractivity contribution in [2.45, 2.75) is 39.1 Å². The van der Waals surface area contributed by atoms with Crippen LogP contribution in [0.1, 0.15) is 27.7 Å². The fourth-order valence-corrected chi connectivity index (χ4v) is 5.70. The van der Waals surface area contributed by atoms with Crippen LogP contribution in [0.4, 0.5) is 0 Å². The normalized spacial score (nSPS) is 47.9. The zero-order valence-electron chi connectivity index (χ0n) is 17.9. The first kappa shape index (κ1) is 20.1. The molecule has 0 N–H and O–H groups in total. The van der Waals surface area contributed by atoms with Crippen molar-refractivity contribution in [3.05, 3.63) is 0 Å². The topological polar surface area (TPSA) is 59.1 Å². The first-order chi connectivity index (χ1) is 13.1. The molecule has 4 rings (SSSR count). The third-order valence-corrected chi connectivity index (χ3v) is 7.83. The Morgan fingerprint density at radius 1 is 0.679 bits per heavy atom. The van der Waals surface area contributed by atoms with Crippen molar-refractivity contribution in [3.63, 3.8) is 0 Å². The van der Waals surface area contributed by atoms with Gasteiger partial charge in [0.15, 0.2) is 13.1 Å². The maximum Gasteiger partial charge on any atom is 0.307 e. The van der Waals surface area contributed by atoms with E-state index in [1.807, 2.05) is 0 Å². The summed E-state index contributed by atoms with van der Waals surface area (Å²) in [6.07, 6.45) is 0. The first-order valence-electron chi connectivity index (χ1n) is 10.7. The van der Waals surface area contributed by atoms with Gasteiger partial charge in [-0.15, -0.1) is 0 Å². The molecular weight excluding hydrogens is 360 g/mol. The van der Waals surface area contributed by atoms with Gasteiger partial charge in [-0.1, -0.05) is 0 Å². The van der Waals surface area contributed by atoms with E-state index in [4.69, 9.17) is 9.47 Å². The van der Waals surface area contributed by atoms with E-state index in [9.17, 15) is 9.59 Å². The fourth-order valence-electron chi connectivity index (χ4n) is 5.70. The lowest BCUT2D eigenvalue weighted by atomic mass is 10.3. The van der Waals surface area contributed by atoms with Gasteiger partial charge < -0.3 is 9.47 Å². The van der Waals surface area contributed by atoms with Crippen LogP contribution < -0.4 is 0 Å². The number of ether oxygens (including phenoxy) is 2. The van der Waals surface area contributed by atoms with E-state index in [-0.39, 0.29) is 23.4 Å². The van der Waals surface area contributed by atoms with Crippen LogP contribution in [0.5, 0.6) is 0 Å². The largest absolute Gasteiger partial charge is 0.404 e. The third-order valence-electron chi connectivity index (χ3n) is 7.83. The minimum absolute atomic E-state index is 0.176. The SMILES string of the molecule is CC(=O)OC1(C)C[N+]12CCN1CCN(CC2)CC[N+]2(CC1)CC2(C)OC(C)=O. The Morgan fingerprint density at radius 3 is 1.29 bits per heavy atom. The van der Waals surface area contributed by atoms with Gasteiger partial charge in [0, 0.05) is 67.0 Å². The van der Waals surface area contributed by atoms with Gasteiger partial charge >= 0.3 is 11.9 Å². The van der Waals surface area contributed by atoms with Crippen LogP contribution in [0, 0.1) is 0 Å². The molecule has 2 unspecified atom stereocenters. The van der Waals surface area contributed by atoms with Crippen molar-refractivity contribution >= 4 is 11.9 Å². The standard InChI is InChI=1S/C20H36N4O4/c1-17(25)27-19(3)15-23(19)11-7-21-5-6-22(8-12-23)10-14-24(13-9-21)16-20(24,4)28-18(2)26/h5-16H2,1-4H3/q+2. The van der Waals surface area contributed by atoms with Crippen molar-refractivity contribution in [1.82, 2.24) is 9.80 Å². The number of rotatable bonds is 2. The second-order valence-corrected chi connectivity index (χ2v) is 9.72. The van der Waals surface area contributed by atoms with Gasteiger partial charge in [0.25, 0.3) is 11.4 Å². The number of quaternary nitrogens is 2. The fraction of sp³-hybridized carbons (Fsp3) is 0.900. The summed E-state index contributed by atoms with van der Waals surface area (Å²) in [6, 6.07) is 0. The Bertz CT molecular complexity index is 599. The van der Waals surface area contributed by atoms with Crippen LogP contribution in [0.25, 0.3) is 0 Å². The van der Waals surface area contributed by atoms with Gasteiger partial charge in [0.1, 0.15) is 0 Å². The molecule has 158 valence electrons. The molecule has 4 saturated heterocycles. The molecule has 4 aliphatic rings. The molecular formula is C20H36N4O4+2. The lowest BCUT2D eigenvalue weighted by Gasteiger charge is -2.30. The van der Waals surface area contributed by atoms with Crippen LogP contribution >= 0.6 is 0 Å².